The number of nitrogens with one attached hydrogen (secondary N) is 1. The summed E-state index contributed by atoms with van der Waals surface area (Å²) in [5, 5.41) is 8.09. The normalized spacial score (nSPS) is 16.9. The number of hydrogen-bond donors (Lipinski definition) is 1. The van der Waals surface area contributed by atoms with Crippen LogP contribution in [-0.2, 0) is 6.54 Å². The van der Waals surface area contributed by atoms with Crippen molar-refractivity contribution in [1.29, 1.82) is 0 Å². The first-order chi connectivity index (χ1) is 13.7. The van der Waals surface area contributed by atoms with E-state index in [-0.39, 0.29) is 5.91 Å². The van der Waals surface area contributed by atoms with Crippen LogP contribution < -0.4 is 5.32 Å². The molecule has 28 heavy (non-hydrogen) atoms. The van der Waals surface area contributed by atoms with Crippen molar-refractivity contribution in [2.45, 2.75) is 25.4 Å². The largest absolute Gasteiger partial charge is 0.337 e. The number of aromatic nitrogens is 2. The van der Waals surface area contributed by atoms with Gasteiger partial charge in [0.2, 0.25) is 0 Å². The molecule has 144 valence electrons. The van der Waals surface area contributed by atoms with Gasteiger partial charge < -0.3 is 10.2 Å². The van der Waals surface area contributed by atoms with Crippen LogP contribution in [0.15, 0.2) is 66.9 Å². The second-order valence-corrected chi connectivity index (χ2v) is 7.32. The number of likely N-dealkylation sites (N-methyl/N-ethyl adjacent to an activating group) is 1. The summed E-state index contributed by atoms with van der Waals surface area (Å²) in [6, 6.07) is 20.5. The Morgan fingerprint density at radius 2 is 1.82 bits per heavy atom. The molecule has 1 atom stereocenters. The molecule has 1 amide bonds. The standard InChI is InChI=1S/C23H26N4O/c1-24-20-13-8-14-26(16-20)23(28)21-17-27(15-18-9-4-2-5-10-18)25-22(21)19-11-6-3-7-12-19/h2-7,9-12,17,20,24H,8,13-16H2,1H3. The van der Waals surface area contributed by atoms with Crippen molar-refractivity contribution in [2.75, 3.05) is 20.1 Å². The van der Waals surface area contributed by atoms with Crippen LogP contribution in [0.4, 0.5) is 0 Å². The molecule has 5 heteroatoms. The van der Waals surface area contributed by atoms with Crippen LogP contribution in [0, 0.1) is 0 Å². The van der Waals surface area contributed by atoms with E-state index in [9.17, 15) is 4.79 Å². The van der Waals surface area contributed by atoms with Gasteiger partial charge in [0, 0.05) is 30.9 Å². The summed E-state index contributed by atoms with van der Waals surface area (Å²) in [6.45, 7) is 2.19. The van der Waals surface area contributed by atoms with E-state index in [2.05, 4.69) is 17.4 Å². The Kier molecular flexibility index (Phi) is 5.53. The van der Waals surface area contributed by atoms with Gasteiger partial charge >= 0.3 is 0 Å². The van der Waals surface area contributed by atoms with Crippen molar-refractivity contribution >= 4 is 5.91 Å². The van der Waals surface area contributed by atoms with Crippen molar-refractivity contribution < 1.29 is 4.79 Å². The van der Waals surface area contributed by atoms with E-state index in [0.29, 0.717) is 18.2 Å². The predicted octanol–water partition coefficient (Wildman–Crippen LogP) is 3.42. The van der Waals surface area contributed by atoms with Crippen LogP contribution in [0.5, 0.6) is 0 Å². The molecule has 0 bridgehead atoms. The Morgan fingerprint density at radius 3 is 2.54 bits per heavy atom. The predicted molar refractivity (Wildman–Crippen MR) is 111 cm³/mol. The van der Waals surface area contributed by atoms with Crippen molar-refractivity contribution in [3.8, 4) is 11.3 Å². The molecule has 5 nitrogen and oxygen atoms in total. The Bertz CT molecular complexity index is 920. The number of amides is 1. The van der Waals surface area contributed by atoms with Crippen molar-refractivity contribution in [1.82, 2.24) is 20.0 Å². The van der Waals surface area contributed by atoms with Gasteiger partial charge in [0.15, 0.2) is 0 Å². The summed E-state index contributed by atoms with van der Waals surface area (Å²) < 4.78 is 1.88. The zero-order valence-corrected chi connectivity index (χ0v) is 16.2. The lowest BCUT2D eigenvalue weighted by Gasteiger charge is -2.32. The van der Waals surface area contributed by atoms with Crippen LogP contribution in [0.2, 0.25) is 0 Å². The fraction of sp³-hybridized carbons (Fsp3) is 0.304. The molecule has 2 heterocycles. The Morgan fingerprint density at radius 1 is 1.11 bits per heavy atom. The highest BCUT2D eigenvalue weighted by Crippen LogP contribution is 2.25. The maximum atomic E-state index is 13.4. The smallest absolute Gasteiger partial charge is 0.257 e. The average molecular weight is 374 g/mol. The van der Waals surface area contributed by atoms with Gasteiger partial charge in [0.25, 0.3) is 5.91 Å². The molecule has 0 radical (unpaired) electrons. The van der Waals surface area contributed by atoms with E-state index in [0.717, 1.165) is 42.8 Å². The van der Waals surface area contributed by atoms with Crippen LogP contribution >= 0.6 is 0 Å². The van der Waals surface area contributed by atoms with Gasteiger partial charge in [-0.1, -0.05) is 60.7 Å². The summed E-state index contributed by atoms with van der Waals surface area (Å²) in [5.74, 6) is 0.0677. The molecular formula is C23H26N4O. The van der Waals surface area contributed by atoms with Crippen LogP contribution in [0.25, 0.3) is 11.3 Å². The third-order valence-corrected chi connectivity index (χ3v) is 5.34. The SMILES string of the molecule is CNC1CCCN(C(=O)c2cn(Cc3ccccc3)nc2-c2ccccc2)C1. The number of piperidine rings is 1. The highest BCUT2D eigenvalue weighted by Gasteiger charge is 2.27. The molecular weight excluding hydrogens is 348 g/mol. The maximum absolute atomic E-state index is 13.4. The Labute approximate surface area is 166 Å². The average Bonchev–Trinajstić information content (AvgIpc) is 3.18. The lowest BCUT2D eigenvalue weighted by molar-refractivity contribution is 0.0699. The molecule has 1 fully saturated rings. The zero-order valence-electron chi connectivity index (χ0n) is 16.2. The highest BCUT2D eigenvalue weighted by molar-refractivity contribution is 5.99. The number of benzene rings is 2. The van der Waals surface area contributed by atoms with Gasteiger partial charge in [0.1, 0.15) is 5.69 Å². The quantitative estimate of drug-likeness (QED) is 0.744. The van der Waals surface area contributed by atoms with E-state index < -0.39 is 0 Å². The lowest BCUT2D eigenvalue weighted by atomic mass is 10.0. The topological polar surface area (TPSA) is 50.2 Å². The van der Waals surface area contributed by atoms with Crippen LogP contribution in [-0.4, -0.2) is 46.8 Å². The summed E-state index contributed by atoms with van der Waals surface area (Å²) in [5.41, 5.74) is 3.57. The summed E-state index contributed by atoms with van der Waals surface area (Å²) >= 11 is 0. The molecule has 0 saturated carbocycles. The van der Waals surface area contributed by atoms with E-state index in [1.165, 1.54) is 0 Å². The van der Waals surface area contributed by atoms with Crippen molar-refractivity contribution in [2.24, 2.45) is 0 Å². The molecule has 2 aromatic carbocycles. The van der Waals surface area contributed by atoms with Gasteiger partial charge in [-0.15, -0.1) is 0 Å². The first-order valence-corrected chi connectivity index (χ1v) is 9.88. The van der Waals surface area contributed by atoms with Gasteiger partial charge in [-0.3, -0.25) is 9.48 Å². The van der Waals surface area contributed by atoms with E-state index in [4.69, 9.17) is 5.10 Å². The molecule has 0 spiro atoms. The summed E-state index contributed by atoms with van der Waals surface area (Å²) in [7, 11) is 1.96. The lowest BCUT2D eigenvalue weighted by Crippen LogP contribution is -2.47. The van der Waals surface area contributed by atoms with Gasteiger partial charge in [-0.25, -0.2) is 0 Å². The molecule has 3 aromatic rings. The first kappa shape index (κ1) is 18.4. The fourth-order valence-electron chi connectivity index (χ4n) is 3.81. The minimum absolute atomic E-state index is 0.0677. The molecule has 0 aliphatic carbocycles. The molecule has 4 rings (SSSR count). The Balaban J connectivity index is 1.67. The number of hydrogen-bond acceptors (Lipinski definition) is 3. The molecule has 1 saturated heterocycles. The monoisotopic (exact) mass is 374 g/mol. The first-order valence-electron chi connectivity index (χ1n) is 9.88. The van der Waals surface area contributed by atoms with Crippen molar-refractivity contribution in [3.63, 3.8) is 0 Å². The number of nitrogens with zero attached hydrogens (tertiary/aromatic N) is 3. The van der Waals surface area contributed by atoms with E-state index in [1.54, 1.807) is 0 Å². The number of likely N-dealkylation sites (tertiary alicyclic amines) is 1. The fourth-order valence-corrected chi connectivity index (χ4v) is 3.81. The summed E-state index contributed by atoms with van der Waals surface area (Å²) in [6.07, 6.45) is 4.04. The zero-order chi connectivity index (χ0) is 19.3. The van der Waals surface area contributed by atoms with Gasteiger partial charge in [0.05, 0.1) is 12.1 Å². The van der Waals surface area contributed by atoms with Crippen LogP contribution in [0.1, 0.15) is 28.8 Å². The Hall–Kier alpha value is -2.92. The third-order valence-electron chi connectivity index (χ3n) is 5.34. The molecule has 1 unspecified atom stereocenters. The van der Waals surface area contributed by atoms with Gasteiger partial charge in [-0.2, -0.15) is 5.10 Å². The third kappa shape index (κ3) is 3.99. The second-order valence-electron chi connectivity index (χ2n) is 7.32. The van der Waals surface area contributed by atoms with E-state index in [1.807, 2.05) is 71.4 Å². The number of carbonyl (C=O) groups excluding carboxylic acids is 1. The van der Waals surface area contributed by atoms with Gasteiger partial charge in [-0.05, 0) is 25.5 Å². The molecule has 1 aromatic heterocycles. The minimum Gasteiger partial charge on any atom is -0.337 e. The highest BCUT2D eigenvalue weighted by atomic mass is 16.2. The number of rotatable bonds is 5. The number of carbonyl (C=O) groups is 1. The van der Waals surface area contributed by atoms with Crippen molar-refractivity contribution in [3.05, 3.63) is 78.0 Å². The molecule has 1 N–H and O–H groups in total. The van der Waals surface area contributed by atoms with Crippen LogP contribution in [0.3, 0.4) is 0 Å². The molecule has 1 aliphatic rings. The second kappa shape index (κ2) is 8.40. The maximum Gasteiger partial charge on any atom is 0.257 e. The van der Waals surface area contributed by atoms with E-state index >= 15 is 0 Å². The molecule has 1 aliphatic heterocycles. The minimum atomic E-state index is 0.0677. The summed E-state index contributed by atoms with van der Waals surface area (Å²) in [4.78, 5) is 15.3.